The van der Waals surface area contributed by atoms with Crippen molar-refractivity contribution < 1.29 is 80.2 Å². The van der Waals surface area contributed by atoms with Crippen LogP contribution in [0.5, 0.6) is 0 Å². The van der Waals surface area contributed by atoms with Crippen molar-refractivity contribution in [2.75, 3.05) is 39.6 Å². The number of unbranched alkanes of at least 4 members (excludes halogenated alkanes) is 49. The third-order valence-corrected chi connectivity index (χ3v) is 19.9. The quantitative estimate of drug-likeness (QED) is 0.0222. The maximum absolute atomic E-state index is 13.1. The SMILES string of the molecule is CCCCCCCCCCCCCCCCCCCCCCC(=O)O[C@H](COC(=O)CCCCCCCCCCCCCCC(C)C)COP(=O)(O)OC[C@@H](O)COP(=O)(O)OC[C@@H](COC(=O)CCCCCCCCC)OC(=O)CCCCCCCCCCCCCCCC. The zero-order chi connectivity index (χ0) is 70.5. The first kappa shape index (κ1) is 94.1. The van der Waals surface area contributed by atoms with Crippen LogP contribution >= 0.6 is 15.6 Å². The molecule has 0 spiro atoms. The van der Waals surface area contributed by atoms with E-state index in [-0.39, 0.29) is 25.7 Å². The van der Waals surface area contributed by atoms with Crippen LogP contribution in [0.15, 0.2) is 0 Å². The number of aliphatic hydroxyl groups excluding tert-OH is 1. The van der Waals surface area contributed by atoms with Crippen molar-refractivity contribution in [3.05, 3.63) is 0 Å². The molecule has 0 aliphatic carbocycles. The highest BCUT2D eigenvalue weighted by molar-refractivity contribution is 7.47. The third kappa shape index (κ3) is 70.5. The third-order valence-electron chi connectivity index (χ3n) is 18.0. The zero-order valence-corrected chi connectivity index (χ0v) is 64.3. The minimum atomic E-state index is -4.96. The molecule has 19 heteroatoms. The molecule has 5 atom stereocenters. The molecule has 17 nitrogen and oxygen atoms in total. The summed E-state index contributed by atoms with van der Waals surface area (Å²) in [7, 11) is -9.91. The molecule has 0 fully saturated rings. The highest BCUT2D eigenvalue weighted by Crippen LogP contribution is 2.45. The second-order valence-corrected chi connectivity index (χ2v) is 31.1. The molecule has 0 aromatic carbocycles. The molecule has 3 N–H and O–H groups in total. The number of aliphatic hydroxyl groups is 1. The molecule has 0 bridgehead atoms. The lowest BCUT2D eigenvalue weighted by Gasteiger charge is -2.21. The summed E-state index contributed by atoms with van der Waals surface area (Å²) in [6, 6.07) is 0. The number of ether oxygens (including phenoxy) is 4. The Morgan fingerprint density at radius 2 is 0.479 bits per heavy atom. The van der Waals surface area contributed by atoms with Crippen molar-refractivity contribution in [2.45, 2.75) is 425 Å². The van der Waals surface area contributed by atoms with E-state index in [0.717, 1.165) is 109 Å². The molecule has 0 aliphatic heterocycles. The van der Waals surface area contributed by atoms with Gasteiger partial charge in [-0.15, -0.1) is 0 Å². The van der Waals surface area contributed by atoms with Crippen molar-refractivity contribution in [1.29, 1.82) is 0 Å². The van der Waals surface area contributed by atoms with Crippen LogP contribution in [0.25, 0.3) is 0 Å². The highest BCUT2D eigenvalue weighted by Gasteiger charge is 2.30. The summed E-state index contributed by atoms with van der Waals surface area (Å²) in [6.07, 6.45) is 59.8. The van der Waals surface area contributed by atoms with Gasteiger partial charge in [-0.2, -0.15) is 0 Å². The van der Waals surface area contributed by atoms with E-state index < -0.39 is 97.5 Å². The van der Waals surface area contributed by atoms with Crippen LogP contribution in [-0.4, -0.2) is 96.7 Å². The lowest BCUT2D eigenvalue weighted by molar-refractivity contribution is -0.161. The molecule has 0 aromatic rings. The van der Waals surface area contributed by atoms with Crippen molar-refractivity contribution in [1.82, 2.24) is 0 Å². The molecule has 0 radical (unpaired) electrons. The van der Waals surface area contributed by atoms with Gasteiger partial charge in [-0.05, 0) is 31.6 Å². The standard InChI is InChI=1S/C77H150O17P2/c1-6-9-12-15-18-20-22-24-26-27-28-29-30-31-33-39-43-48-53-58-63-77(82)94-73(67-88-75(80)61-56-51-46-41-37-35-34-36-40-45-49-54-59-70(4)5)69-92-96(85,86)90-65-71(78)64-89-95(83,84)91-68-72(66-87-74(79)60-55-50-44-17-14-11-8-3)93-76(81)62-57-52-47-42-38-32-25-23-21-19-16-13-10-7-2/h70-73,78H,6-69H2,1-5H3,(H,83,84)(H,85,86)/t71-,72+,73+/m0/s1. The highest BCUT2D eigenvalue weighted by atomic mass is 31.2. The number of phosphoric acid groups is 2. The van der Waals surface area contributed by atoms with Crippen molar-refractivity contribution >= 4 is 39.5 Å². The van der Waals surface area contributed by atoms with Crippen LogP contribution in [0, 0.1) is 5.92 Å². The van der Waals surface area contributed by atoms with E-state index >= 15 is 0 Å². The van der Waals surface area contributed by atoms with E-state index in [2.05, 4.69) is 34.6 Å². The van der Waals surface area contributed by atoms with Crippen molar-refractivity contribution in [3.63, 3.8) is 0 Å². The largest absolute Gasteiger partial charge is 0.472 e. The number of phosphoric ester groups is 2. The maximum atomic E-state index is 13.1. The van der Waals surface area contributed by atoms with E-state index in [9.17, 15) is 43.2 Å². The molecular formula is C77H150O17P2. The van der Waals surface area contributed by atoms with Crippen LogP contribution in [0.2, 0.25) is 0 Å². The monoisotopic (exact) mass is 1410 g/mol. The van der Waals surface area contributed by atoms with Gasteiger partial charge >= 0.3 is 39.5 Å². The summed E-state index contributed by atoms with van der Waals surface area (Å²) in [5.74, 6) is -1.33. The Morgan fingerprint density at radius 1 is 0.281 bits per heavy atom. The Labute approximate surface area is 588 Å². The Balaban J connectivity index is 5.18. The molecule has 0 amide bonds. The first-order chi connectivity index (χ1) is 46.5. The van der Waals surface area contributed by atoms with Gasteiger partial charge in [0, 0.05) is 25.7 Å². The van der Waals surface area contributed by atoms with Crippen LogP contribution in [0.3, 0.4) is 0 Å². The number of carbonyl (C=O) groups is 4. The second kappa shape index (κ2) is 70.1. The molecular weight excluding hydrogens is 1260 g/mol. The summed E-state index contributed by atoms with van der Waals surface area (Å²) in [4.78, 5) is 72.7. The van der Waals surface area contributed by atoms with E-state index in [1.54, 1.807) is 0 Å². The summed E-state index contributed by atoms with van der Waals surface area (Å²) in [5.41, 5.74) is 0. The van der Waals surface area contributed by atoms with Gasteiger partial charge < -0.3 is 33.8 Å². The zero-order valence-electron chi connectivity index (χ0n) is 62.5. The number of hydrogen-bond acceptors (Lipinski definition) is 15. The van der Waals surface area contributed by atoms with Gasteiger partial charge in [0.05, 0.1) is 26.4 Å². The fourth-order valence-electron chi connectivity index (χ4n) is 11.9. The Morgan fingerprint density at radius 3 is 0.708 bits per heavy atom. The van der Waals surface area contributed by atoms with Gasteiger partial charge in [-0.1, -0.05) is 356 Å². The lowest BCUT2D eigenvalue weighted by atomic mass is 10.0. The lowest BCUT2D eigenvalue weighted by Crippen LogP contribution is -2.30. The number of esters is 4. The average molecular weight is 1410 g/mol. The van der Waals surface area contributed by atoms with E-state index in [1.807, 2.05) is 0 Å². The molecule has 0 heterocycles. The van der Waals surface area contributed by atoms with E-state index in [0.29, 0.717) is 25.7 Å². The topological polar surface area (TPSA) is 237 Å². The summed E-state index contributed by atoms with van der Waals surface area (Å²) in [5, 5.41) is 10.6. The van der Waals surface area contributed by atoms with Gasteiger partial charge in [0.15, 0.2) is 12.2 Å². The minimum Gasteiger partial charge on any atom is -0.462 e. The van der Waals surface area contributed by atoms with Crippen molar-refractivity contribution in [3.8, 4) is 0 Å². The molecule has 0 aliphatic rings. The first-order valence-electron chi connectivity index (χ1n) is 40.1. The number of carbonyl (C=O) groups excluding carboxylic acids is 4. The smallest absolute Gasteiger partial charge is 0.462 e. The van der Waals surface area contributed by atoms with Gasteiger partial charge in [-0.3, -0.25) is 37.3 Å². The number of hydrogen-bond donors (Lipinski definition) is 3. The minimum absolute atomic E-state index is 0.108. The predicted molar refractivity (Wildman–Crippen MR) is 391 cm³/mol. The Kier molecular flexibility index (Phi) is 68.7. The molecule has 96 heavy (non-hydrogen) atoms. The van der Waals surface area contributed by atoms with Crippen LogP contribution in [0.4, 0.5) is 0 Å². The van der Waals surface area contributed by atoms with Crippen LogP contribution in [-0.2, 0) is 65.4 Å². The van der Waals surface area contributed by atoms with Crippen molar-refractivity contribution in [2.24, 2.45) is 5.92 Å². The van der Waals surface area contributed by atoms with Gasteiger partial charge in [0.1, 0.15) is 19.3 Å². The molecule has 570 valence electrons. The van der Waals surface area contributed by atoms with Gasteiger partial charge in [0.25, 0.3) is 0 Å². The summed E-state index contributed by atoms with van der Waals surface area (Å²) >= 11 is 0. The molecule has 0 rings (SSSR count). The van der Waals surface area contributed by atoms with Gasteiger partial charge in [-0.25, -0.2) is 9.13 Å². The maximum Gasteiger partial charge on any atom is 0.472 e. The fraction of sp³-hybridized carbons (Fsp3) is 0.948. The molecule has 0 aromatic heterocycles. The average Bonchev–Trinajstić information content (AvgIpc) is 1.74. The fourth-order valence-corrected chi connectivity index (χ4v) is 13.5. The Bertz CT molecular complexity index is 1840. The van der Waals surface area contributed by atoms with Crippen LogP contribution in [0.1, 0.15) is 407 Å². The first-order valence-corrected chi connectivity index (χ1v) is 43.1. The summed E-state index contributed by atoms with van der Waals surface area (Å²) in [6.45, 7) is 7.28. The second-order valence-electron chi connectivity index (χ2n) is 28.2. The molecule has 0 saturated carbocycles. The number of rotatable bonds is 77. The van der Waals surface area contributed by atoms with E-state index in [4.69, 9.17) is 37.0 Å². The normalized spacial score (nSPS) is 13.9. The predicted octanol–water partition coefficient (Wildman–Crippen LogP) is 22.9. The van der Waals surface area contributed by atoms with E-state index in [1.165, 1.54) is 218 Å². The summed E-state index contributed by atoms with van der Waals surface area (Å²) < 4.78 is 68.5. The van der Waals surface area contributed by atoms with Crippen LogP contribution < -0.4 is 0 Å². The molecule has 0 saturated heterocycles. The van der Waals surface area contributed by atoms with Gasteiger partial charge in [0.2, 0.25) is 0 Å². The molecule has 2 unspecified atom stereocenters. The Hall–Kier alpha value is -1.94.